The molecular formula is C10H19NO3. The van der Waals surface area contributed by atoms with Crippen molar-refractivity contribution in [3.05, 3.63) is 0 Å². The van der Waals surface area contributed by atoms with Gasteiger partial charge in [-0.3, -0.25) is 4.79 Å². The maximum atomic E-state index is 11.2. The fraction of sp³-hybridized carbons (Fsp3) is 0.800. The highest BCUT2D eigenvalue weighted by atomic mass is 16.6. The van der Waals surface area contributed by atoms with Crippen LogP contribution in [0.5, 0.6) is 0 Å². The van der Waals surface area contributed by atoms with Crippen molar-refractivity contribution in [3.63, 3.8) is 0 Å². The molecule has 0 aromatic rings. The molecule has 0 aliphatic rings. The van der Waals surface area contributed by atoms with Gasteiger partial charge in [0.25, 0.3) is 0 Å². The lowest BCUT2D eigenvalue weighted by Gasteiger charge is -2.19. The molecule has 2 N–H and O–H groups in total. The Balaban J connectivity index is 3.60. The lowest BCUT2D eigenvalue weighted by Crippen LogP contribution is -2.25. The molecule has 0 saturated heterocycles. The predicted octanol–water partition coefficient (Wildman–Crippen LogP) is 1.02. The second-order valence-corrected chi connectivity index (χ2v) is 4.28. The number of hydrogen-bond acceptors (Lipinski definition) is 4. The molecule has 4 nitrogen and oxygen atoms in total. The number of ether oxygens (including phenoxy) is 1. The Morgan fingerprint density at radius 2 is 2.07 bits per heavy atom. The summed E-state index contributed by atoms with van der Waals surface area (Å²) in [6.45, 7) is 5.46. The van der Waals surface area contributed by atoms with E-state index in [1.54, 1.807) is 0 Å². The van der Waals surface area contributed by atoms with Gasteiger partial charge >= 0.3 is 5.97 Å². The minimum absolute atomic E-state index is 0.240. The van der Waals surface area contributed by atoms with E-state index < -0.39 is 11.6 Å². The summed E-state index contributed by atoms with van der Waals surface area (Å²) in [5.74, 6) is -0.240. The van der Waals surface area contributed by atoms with Gasteiger partial charge in [0.1, 0.15) is 11.9 Å². The molecule has 0 saturated carbocycles. The van der Waals surface area contributed by atoms with Gasteiger partial charge in [-0.1, -0.05) is 0 Å². The van der Waals surface area contributed by atoms with Crippen LogP contribution < -0.4 is 5.73 Å². The Hall–Kier alpha value is -0.900. The van der Waals surface area contributed by atoms with Gasteiger partial charge in [0.15, 0.2) is 0 Å². The highest BCUT2D eigenvalue weighted by Gasteiger charge is 2.15. The first kappa shape index (κ1) is 13.1. The quantitative estimate of drug-likeness (QED) is 0.532. The van der Waals surface area contributed by atoms with Gasteiger partial charge in [-0.15, -0.1) is 0 Å². The normalized spacial score (nSPS) is 13.4. The van der Waals surface area contributed by atoms with Crippen molar-refractivity contribution in [2.75, 3.05) is 0 Å². The largest absolute Gasteiger partial charge is 0.460 e. The molecule has 0 unspecified atom stereocenters. The summed E-state index contributed by atoms with van der Waals surface area (Å²) in [6, 6.07) is -0.461. The molecule has 0 bridgehead atoms. The highest BCUT2D eigenvalue weighted by Crippen LogP contribution is 2.09. The van der Waals surface area contributed by atoms with Crippen LogP contribution in [0.4, 0.5) is 0 Å². The first-order valence-corrected chi connectivity index (χ1v) is 4.78. The summed E-state index contributed by atoms with van der Waals surface area (Å²) in [7, 11) is 0. The maximum Gasteiger partial charge on any atom is 0.306 e. The van der Waals surface area contributed by atoms with Gasteiger partial charge < -0.3 is 15.3 Å². The van der Waals surface area contributed by atoms with Gasteiger partial charge in [0, 0.05) is 6.42 Å². The molecule has 0 aromatic carbocycles. The Kier molecular flexibility index (Phi) is 5.38. The number of carbonyl (C=O) groups excluding carboxylic acids is 2. The zero-order valence-electron chi connectivity index (χ0n) is 9.08. The van der Waals surface area contributed by atoms with Crippen LogP contribution in [0.15, 0.2) is 0 Å². The average Bonchev–Trinajstić information content (AvgIpc) is 2.00. The summed E-state index contributed by atoms with van der Waals surface area (Å²) in [5, 5.41) is 0. The summed E-state index contributed by atoms with van der Waals surface area (Å²) in [6.07, 6.45) is 2.13. The lowest BCUT2D eigenvalue weighted by atomic mass is 10.1. The number of esters is 1. The third kappa shape index (κ3) is 7.73. The zero-order valence-corrected chi connectivity index (χ0v) is 9.08. The van der Waals surface area contributed by atoms with Crippen molar-refractivity contribution in [2.24, 2.45) is 5.73 Å². The van der Waals surface area contributed by atoms with Crippen LogP contribution in [-0.2, 0) is 14.3 Å². The fourth-order valence-corrected chi connectivity index (χ4v) is 0.943. The molecule has 0 spiro atoms. The molecule has 0 aliphatic heterocycles. The predicted molar refractivity (Wildman–Crippen MR) is 53.7 cm³/mol. The van der Waals surface area contributed by atoms with E-state index in [1.807, 2.05) is 20.8 Å². The summed E-state index contributed by atoms with van der Waals surface area (Å²) < 4.78 is 5.09. The van der Waals surface area contributed by atoms with Gasteiger partial charge in [-0.25, -0.2) is 0 Å². The van der Waals surface area contributed by atoms with Crippen molar-refractivity contribution in [3.8, 4) is 0 Å². The van der Waals surface area contributed by atoms with E-state index >= 15 is 0 Å². The van der Waals surface area contributed by atoms with Crippen molar-refractivity contribution in [2.45, 2.75) is 51.7 Å². The standard InChI is InChI=1S/C10H19NO3/c1-10(2,3)14-9(13)6-4-5-8(11)7-12/h7-8H,4-6,11H2,1-3H3/t8-/m0/s1. The van der Waals surface area contributed by atoms with Gasteiger partial charge in [-0.2, -0.15) is 0 Å². The van der Waals surface area contributed by atoms with E-state index in [0.717, 1.165) is 0 Å². The van der Waals surface area contributed by atoms with E-state index in [9.17, 15) is 9.59 Å². The van der Waals surface area contributed by atoms with E-state index in [1.165, 1.54) is 0 Å². The maximum absolute atomic E-state index is 11.2. The van der Waals surface area contributed by atoms with Crippen LogP contribution in [0.1, 0.15) is 40.0 Å². The van der Waals surface area contributed by atoms with Crippen molar-refractivity contribution < 1.29 is 14.3 Å². The van der Waals surface area contributed by atoms with Crippen LogP contribution in [0.25, 0.3) is 0 Å². The third-order valence-electron chi connectivity index (χ3n) is 1.51. The molecular weight excluding hydrogens is 182 g/mol. The summed E-state index contributed by atoms with van der Waals surface area (Å²) in [4.78, 5) is 21.3. The number of nitrogens with two attached hydrogens (primary N) is 1. The zero-order chi connectivity index (χ0) is 11.2. The minimum atomic E-state index is -0.461. The van der Waals surface area contributed by atoms with E-state index in [-0.39, 0.29) is 5.97 Å². The molecule has 14 heavy (non-hydrogen) atoms. The molecule has 0 fully saturated rings. The number of hydrogen-bond donors (Lipinski definition) is 1. The van der Waals surface area contributed by atoms with E-state index in [2.05, 4.69) is 0 Å². The Morgan fingerprint density at radius 1 is 1.50 bits per heavy atom. The summed E-state index contributed by atoms with van der Waals surface area (Å²) >= 11 is 0. The topological polar surface area (TPSA) is 69.4 Å². The molecule has 0 heterocycles. The summed E-state index contributed by atoms with van der Waals surface area (Å²) in [5.41, 5.74) is 4.93. The number of aldehydes is 1. The van der Waals surface area contributed by atoms with Crippen LogP contribution in [-0.4, -0.2) is 23.9 Å². The van der Waals surface area contributed by atoms with Gasteiger partial charge in [0.2, 0.25) is 0 Å². The second kappa shape index (κ2) is 5.75. The van der Waals surface area contributed by atoms with Crippen LogP contribution >= 0.6 is 0 Å². The monoisotopic (exact) mass is 201 g/mol. The Bertz CT molecular complexity index is 196. The molecule has 0 aliphatic carbocycles. The first-order chi connectivity index (χ1) is 6.35. The Morgan fingerprint density at radius 3 is 2.50 bits per heavy atom. The Labute approximate surface area is 84.8 Å². The SMILES string of the molecule is CC(C)(C)OC(=O)CCC[C@H](N)C=O. The molecule has 0 rings (SSSR count). The molecule has 0 aromatic heterocycles. The average molecular weight is 201 g/mol. The second-order valence-electron chi connectivity index (χ2n) is 4.28. The van der Waals surface area contributed by atoms with E-state index in [4.69, 9.17) is 10.5 Å². The first-order valence-electron chi connectivity index (χ1n) is 4.78. The van der Waals surface area contributed by atoms with Gasteiger partial charge in [-0.05, 0) is 33.6 Å². The van der Waals surface area contributed by atoms with Crippen molar-refractivity contribution in [1.29, 1.82) is 0 Å². The van der Waals surface area contributed by atoms with E-state index in [0.29, 0.717) is 25.5 Å². The smallest absolute Gasteiger partial charge is 0.306 e. The highest BCUT2D eigenvalue weighted by molar-refractivity contribution is 5.69. The van der Waals surface area contributed by atoms with Crippen LogP contribution in [0.2, 0.25) is 0 Å². The number of carbonyl (C=O) groups is 2. The molecule has 0 amide bonds. The molecule has 0 radical (unpaired) electrons. The fourth-order valence-electron chi connectivity index (χ4n) is 0.943. The molecule has 82 valence electrons. The van der Waals surface area contributed by atoms with Crippen molar-refractivity contribution in [1.82, 2.24) is 0 Å². The van der Waals surface area contributed by atoms with Crippen LogP contribution in [0.3, 0.4) is 0 Å². The van der Waals surface area contributed by atoms with Gasteiger partial charge in [0.05, 0.1) is 6.04 Å². The lowest BCUT2D eigenvalue weighted by molar-refractivity contribution is -0.155. The number of rotatable bonds is 5. The minimum Gasteiger partial charge on any atom is -0.460 e. The van der Waals surface area contributed by atoms with Crippen molar-refractivity contribution >= 4 is 12.3 Å². The molecule has 1 atom stereocenters. The third-order valence-corrected chi connectivity index (χ3v) is 1.51. The van der Waals surface area contributed by atoms with Crippen LogP contribution in [0, 0.1) is 0 Å². The molecule has 4 heteroatoms.